The van der Waals surface area contributed by atoms with Crippen LogP contribution in [0.4, 0.5) is 4.39 Å². The fourth-order valence-electron chi connectivity index (χ4n) is 2.08. The van der Waals surface area contributed by atoms with Crippen molar-refractivity contribution in [3.05, 3.63) is 35.0 Å². The predicted octanol–water partition coefficient (Wildman–Crippen LogP) is 5.05. The molecule has 0 amide bonds. The SMILES string of the molecule is CCC(CC)CC(=O)c1cc2ccc(F)cc2s1. The molecule has 1 heterocycles. The molecule has 2 rings (SSSR count). The van der Waals surface area contributed by atoms with E-state index in [9.17, 15) is 9.18 Å². The summed E-state index contributed by atoms with van der Waals surface area (Å²) in [5.74, 6) is 0.396. The molecule has 96 valence electrons. The molecular weight excluding hydrogens is 247 g/mol. The van der Waals surface area contributed by atoms with Gasteiger partial charge in [0.25, 0.3) is 0 Å². The van der Waals surface area contributed by atoms with Gasteiger partial charge in [-0.15, -0.1) is 11.3 Å². The van der Waals surface area contributed by atoms with Crippen molar-refractivity contribution in [2.45, 2.75) is 33.1 Å². The van der Waals surface area contributed by atoms with Gasteiger partial charge >= 0.3 is 0 Å². The number of rotatable bonds is 5. The number of hydrogen-bond donors (Lipinski definition) is 0. The van der Waals surface area contributed by atoms with Crippen molar-refractivity contribution >= 4 is 27.2 Å². The van der Waals surface area contributed by atoms with Gasteiger partial charge in [0, 0.05) is 11.1 Å². The van der Waals surface area contributed by atoms with Crippen LogP contribution in [0.25, 0.3) is 10.1 Å². The molecule has 0 radical (unpaired) electrons. The van der Waals surface area contributed by atoms with Gasteiger partial charge in [-0.2, -0.15) is 0 Å². The fourth-order valence-corrected chi connectivity index (χ4v) is 3.12. The molecule has 0 atom stereocenters. The summed E-state index contributed by atoms with van der Waals surface area (Å²) in [6.45, 7) is 4.23. The van der Waals surface area contributed by atoms with Crippen LogP contribution in [-0.2, 0) is 0 Å². The maximum absolute atomic E-state index is 13.1. The minimum absolute atomic E-state index is 0.185. The van der Waals surface area contributed by atoms with Gasteiger partial charge in [-0.05, 0) is 29.5 Å². The number of halogens is 1. The molecule has 0 spiro atoms. The molecule has 0 saturated heterocycles. The Morgan fingerprint density at radius 1 is 1.28 bits per heavy atom. The monoisotopic (exact) mass is 264 g/mol. The Labute approximate surface area is 111 Å². The molecule has 0 fully saturated rings. The number of ketones is 1. The van der Waals surface area contributed by atoms with Crippen molar-refractivity contribution in [3.8, 4) is 0 Å². The third kappa shape index (κ3) is 2.78. The van der Waals surface area contributed by atoms with Crippen molar-refractivity contribution in [1.29, 1.82) is 0 Å². The first kappa shape index (κ1) is 13.2. The topological polar surface area (TPSA) is 17.1 Å². The van der Waals surface area contributed by atoms with Crippen molar-refractivity contribution in [1.82, 2.24) is 0 Å². The molecule has 1 aromatic heterocycles. The number of benzene rings is 1. The largest absolute Gasteiger partial charge is 0.293 e. The predicted molar refractivity (Wildman–Crippen MR) is 74.8 cm³/mol. The third-order valence-corrected chi connectivity index (χ3v) is 4.52. The van der Waals surface area contributed by atoms with Crippen LogP contribution >= 0.6 is 11.3 Å². The second kappa shape index (κ2) is 5.61. The zero-order valence-corrected chi connectivity index (χ0v) is 11.5. The van der Waals surface area contributed by atoms with E-state index in [0.717, 1.165) is 27.8 Å². The maximum Gasteiger partial charge on any atom is 0.173 e. The quantitative estimate of drug-likeness (QED) is 0.691. The van der Waals surface area contributed by atoms with Crippen LogP contribution in [0.2, 0.25) is 0 Å². The lowest BCUT2D eigenvalue weighted by Crippen LogP contribution is -2.05. The first-order chi connectivity index (χ1) is 8.63. The van der Waals surface area contributed by atoms with E-state index in [2.05, 4.69) is 13.8 Å². The standard InChI is InChI=1S/C15H17FOS/c1-3-10(4-2)7-13(17)15-8-11-5-6-12(16)9-14(11)18-15/h5-6,8-10H,3-4,7H2,1-2H3. The van der Waals surface area contributed by atoms with E-state index >= 15 is 0 Å². The van der Waals surface area contributed by atoms with Crippen LogP contribution in [0.5, 0.6) is 0 Å². The van der Waals surface area contributed by atoms with Crippen molar-refractivity contribution in [2.75, 3.05) is 0 Å². The van der Waals surface area contributed by atoms with E-state index < -0.39 is 0 Å². The highest BCUT2D eigenvalue weighted by atomic mass is 32.1. The number of thiophene rings is 1. The minimum atomic E-state index is -0.247. The number of hydrogen-bond acceptors (Lipinski definition) is 2. The number of fused-ring (bicyclic) bond motifs is 1. The molecule has 0 saturated carbocycles. The summed E-state index contributed by atoms with van der Waals surface area (Å²) in [7, 11) is 0. The summed E-state index contributed by atoms with van der Waals surface area (Å²) >= 11 is 1.39. The smallest absolute Gasteiger partial charge is 0.173 e. The van der Waals surface area contributed by atoms with Gasteiger partial charge in [-0.1, -0.05) is 32.8 Å². The average Bonchev–Trinajstić information content (AvgIpc) is 2.78. The molecule has 0 N–H and O–H groups in total. The number of carbonyl (C=O) groups is 1. The average molecular weight is 264 g/mol. The van der Waals surface area contributed by atoms with Crippen molar-refractivity contribution in [2.24, 2.45) is 5.92 Å². The Bertz CT molecular complexity index is 555. The van der Waals surface area contributed by atoms with Crippen molar-refractivity contribution in [3.63, 3.8) is 0 Å². The lowest BCUT2D eigenvalue weighted by molar-refractivity contribution is 0.0963. The molecule has 18 heavy (non-hydrogen) atoms. The second-order valence-corrected chi connectivity index (χ2v) is 5.69. The fraction of sp³-hybridized carbons (Fsp3) is 0.400. The summed E-state index contributed by atoms with van der Waals surface area (Å²) < 4.78 is 13.9. The van der Waals surface area contributed by atoms with E-state index in [0.29, 0.717) is 12.3 Å². The summed E-state index contributed by atoms with van der Waals surface area (Å²) in [4.78, 5) is 12.9. The Hall–Kier alpha value is -1.22. The van der Waals surface area contributed by atoms with Crippen LogP contribution < -0.4 is 0 Å². The highest BCUT2D eigenvalue weighted by molar-refractivity contribution is 7.20. The molecule has 0 aliphatic heterocycles. The second-order valence-electron chi connectivity index (χ2n) is 4.60. The lowest BCUT2D eigenvalue weighted by atomic mass is 9.96. The summed E-state index contributed by atoms with van der Waals surface area (Å²) in [5.41, 5.74) is 0. The van der Waals surface area contributed by atoms with Crippen LogP contribution in [0.3, 0.4) is 0 Å². The van der Waals surface area contributed by atoms with Gasteiger partial charge in [0.05, 0.1) is 4.88 Å². The molecule has 1 aromatic carbocycles. The number of carbonyl (C=O) groups excluding carboxylic acids is 1. The van der Waals surface area contributed by atoms with E-state index in [4.69, 9.17) is 0 Å². The third-order valence-electron chi connectivity index (χ3n) is 3.39. The molecule has 3 heteroatoms. The molecule has 2 aromatic rings. The molecule has 0 aliphatic rings. The highest BCUT2D eigenvalue weighted by Gasteiger charge is 2.15. The maximum atomic E-state index is 13.1. The summed E-state index contributed by atoms with van der Waals surface area (Å²) in [6, 6.07) is 6.54. The van der Waals surface area contributed by atoms with E-state index in [-0.39, 0.29) is 11.6 Å². The minimum Gasteiger partial charge on any atom is -0.293 e. The van der Waals surface area contributed by atoms with Gasteiger partial charge in [0.1, 0.15) is 5.82 Å². The van der Waals surface area contributed by atoms with Crippen LogP contribution in [0.15, 0.2) is 24.3 Å². The van der Waals surface area contributed by atoms with Crippen LogP contribution in [0.1, 0.15) is 42.8 Å². The zero-order chi connectivity index (χ0) is 13.1. The van der Waals surface area contributed by atoms with Crippen molar-refractivity contribution < 1.29 is 9.18 Å². The molecule has 1 nitrogen and oxygen atoms in total. The molecular formula is C15H17FOS. The van der Waals surface area contributed by atoms with E-state index in [1.54, 1.807) is 6.07 Å². The summed E-state index contributed by atoms with van der Waals surface area (Å²) in [6.07, 6.45) is 2.66. The van der Waals surface area contributed by atoms with Gasteiger partial charge in [0.15, 0.2) is 5.78 Å². The van der Waals surface area contributed by atoms with Gasteiger partial charge in [0.2, 0.25) is 0 Å². The molecule has 0 unspecified atom stereocenters. The Morgan fingerprint density at radius 2 is 2.00 bits per heavy atom. The lowest BCUT2D eigenvalue weighted by Gasteiger charge is -2.09. The van der Waals surface area contributed by atoms with E-state index in [1.165, 1.54) is 23.5 Å². The van der Waals surface area contributed by atoms with Crippen LogP contribution in [0, 0.1) is 11.7 Å². The number of Topliss-reactive ketones (excluding diaryl/α,β-unsaturated/α-hetero) is 1. The van der Waals surface area contributed by atoms with E-state index in [1.807, 2.05) is 6.07 Å². The first-order valence-electron chi connectivity index (χ1n) is 6.36. The Kier molecular flexibility index (Phi) is 4.12. The zero-order valence-electron chi connectivity index (χ0n) is 10.7. The van der Waals surface area contributed by atoms with Gasteiger partial charge < -0.3 is 0 Å². The van der Waals surface area contributed by atoms with Crippen LogP contribution in [-0.4, -0.2) is 5.78 Å². The first-order valence-corrected chi connectivity index (χ1v) is 7.18. The molecule has 0 aliphatic carbocycles. The van der Waals surface area contributed by atoms with Gasteiger partial charge in [-0.3, -0.25) is 4.79 Å². The summed E-state index contributed by atoms with van der Waals surface area (Å²) in [5, 5.41) is 0.953. The van der Waals surface area contributed by atoms with Gasteiger partial charge in [-0.25, -0.2) is 4.39 Å². The molecule has 0 bridgehead atoms. The Morgan fingerprint density at radius 3 is 2.67 bits per heavy atom. The Balaban J connectivity index is 2.23. The highest BCUT2D eigenvalue weighted by Crippen LogP contribution is 2.28. The normalized spacial score (nSPS) is 11.3.